The molecule has 2 N–H and O–H groups in total. The number of nitrogens with one attached hydrogen (secondary N) is 2. The van der Waals surface area contributed by atoms with Crippen molar-refractivity contribution < 1.29 is 22.7 Å². The Kier molecular flexibility index (Phi) is 6.25. The van der Waals surface area contributed by atoms with Gasteiger partial charge in [0.15, 0.2) is 6.10 Å². The molecule has 0 unspecified atom stereocenters. The van der Waals surface area contributed by atoms with Crippen molar-refractivity contribution in [3.8, 4) is 5.75 Å². The van der Waals surface area contributed by atoms with Crippen LogP contribution in [0.15, 0.2) is 17.0 Å². The van der Waals surface area contributed by atoms with Gasteiger partial charge < -0.3 is 15.4 Å². The lowest BCUT2D eigenvalue weighted by molar-refractivity contribution is -0.127. The van der Waals surface area contributed by atoms with Gasteiger partial charge in [0.05, 0.1) is 10.6 Å². The van der Waals surface area contributed by atoms with Crippen molar-refractivity contribution in [2.75, 3.05) is 18.4 Å². The van der Waals surface area contributed by atoms with E-state index in [1.165, 1.54) is 10.4 Å². The molecule has 1 saturated carbocycles. The van der Waals surface area contributed by atoms with Crippen molar-refractivity contribution in [3.63, 3.8) is 0 Å². The van der Waals surface area contributed by atoms with Gasteiger partial charge in [-0.2, -0.15) is 4.31 Å². The molecule has 4 rings (SSSR count). The summed E-state index contributed by atoms with van der Waals surface area (Å²) in [5.41, 5.74) is 1.05. The second-order valence-electron chi connectivity index (χ2n) is 8.79. The van der Waals surface area contributed by atoms with Crippen molar-refractivity contribution in [2.45, 2.75) is 75.8 Å². The largest absolute Gasteiger partial charge is 0.478 e. The fourth-order valence-electron chi connectivity index (χ4n) is 4.72. The molecule has 0 radical (unpaired) electrons. The van der Waals surface area contributed by atoms with Crippen molar-refractivity contribution in [1.29, 1.82) is 0 Å². The van der Waals surface area contributed by atoms with E-state index in [-0.39, 0.29) is 28.7 Å². The van der Waals surface area contributed by atoms with E-state index in [0.29, 0.717) is 49.4 Å². The molecular weight excluding hydrogens is 418 g/mol. The number of rotatable bonds is 5. The normalized spacial score (nSPS) is 23.2. The zero-order chi connectivity index (χ0) is 22.2. The van der Waals surface area contributed by atoms with Gasteiger partial charge in [-0.05, 0) is 50.7 Å². The van der Waals surface area contributed by atoms with E-state index in [2.05, 4.69) is 10.6 Å². The molecule has 0 aromatic heterocycles. The van der Waals surface area contributed by atoms with Crippen molar-refractivity contribution >= 4 is 27.5 Å². The van der Waals surface area contributed by atoms with Crippen molar-refractivity contribution in [3.05, 3.63) is 17.7 Å². The minimum absolute atomic E-state index is 0.0589. The third-order valence-electron chi connectivity index (χ3n) is 6.61. The molecule has 3 aliphatic rings. The van der Waals surface area contributed by atoms with Crippen LogP contribution >= 0.6 is 0 Å². The monoisotopic (exact) mass is 449 g/mol. The third kappa shape index (κ3) is 4.43. The molecule has 0 bridgehead atoms. The highest BCUT2D eigenvalue weighted by molar-refractivity contribution is 7.89. The summed E-state index contributed by atoms with van der Waals surface area (Å²) in [6.07, 6.45) is 5.31. The Balaban J connectivity index is 1.46. The standard InChI is InChI=1S/C22H31N3O5S/c1-3-18-22(27)24-17-12-14(2)20(13-19(17)30-18)31(28,29)25-10-8-15(9-11-25)21(26)23-16-6-4-5-7-16/h12-13,15-16,18H,3-11H2,1-2H3,(H,23,26)(H,24,27)/t18-/m0/s1. The Morgan fingerprint density at radius 1 is 1.19 bits per heavy atom. The van der Waals surface area contributed by atoms with Gasteiger partial charge in [-0.3, -0.25) is 9.59 Å². The number of carbonyl (C=O) groups is 2. The molecule has 0 spiro atoms. The number of hydrogen-bond acceptors (Lipinski definition) is 5. The van der Waals surface area contributed by atoms with Crippen LogP contribution in [-0.4, -0.2) is 49.8 Å². The first-order valence-electron chi connectivity index (χ1n) is 11.2. The van der Waals surface area contributed by atoms with Crippen LogP contribution in [0.2, 0.25) is 0 Å². The highest BCUT2D eigenvalue weighted by Gasteiger charge is 2.35. The first-order chi connectivity index (χ1) is 14.8. The third-order valence-corrected chi connectivity index (χ3v) is 8.65. The summed E-state index contributed by atoms with van der Waals surface area (Å²) in [5.74, 6) is 0.0774. The van der Waals surface area contributed by atoms with Gasteiger partial charge in [-0.25, -0.2) is 8.42 Å². The molecule has 1 aliphatic carbocycles. The minimum atomic E-state index is -3.73. The Hall–Kier alpha value is -2.13. The summed E-state index contributed by atoms with van der Waals surface area (Å²) >= 11 is 0. The van der Waals surface area contributed by atoms with E-state index >= 15 is 0 Å². The lowest BCUT2D eigenvalue weighted by atomic mass is 9.97. The van der Waals surface area contributed by atoms with E-state index in [1.807, 2.05) is 6.92 Å². The molecule has 2 fully saturated rings. The number of carbonyl (C=O) groups excluding carboxylic acids is 2. The first kappa shape index (κ1) is 22.1. The van der Waals surface area contributed by atoms with E-state index in [9.17, 15) is 18.0 Å². The van der Waals surface area contributed by atoms with Crippen LogP contribution in [0.4, 0.5) is 5.69 Å². The summed E-state index contributed by atoms with van der Waals surface area (Å²) < 4.78 is 33.9. The number of benzene rings is 1. The maximum absolute atomic E-state index is 13.3. The van der Waals surface area contributed by atoms with Crippen LogP contribution in [-0.2, 0) is 19.6 Å². The smallest absolute Gasteiger partial charge is 0.265 e. The lowest BCUT2D eigenvalue weighted by Gasteiger charge is -2.32. The van der Waals surface area contributed by atoms with Crippen LogP contribution in [0, 0.1) is 12.8 Å². The number of nitrogens with zero attached hydrogens (tertiary/aromatic N) is 1. The van der Waals surface area contributed by atoms with Gasteiger partial charge >= 0.3 is 0 Å². The molecule has 2 heterocycles. The predicted octanol–water partition coefficient (Wildman–Crippen LogP) is 2.56. The van der Waals surface area contributed by atoms with Crippen LogP contribution in [0.1, 0.15) is 57.4 Å². The fraction of sp³-hybridized carbons (Fsp3) is 0.636. The number of aryl methyl sites for hydroxylation is 1. The number of fused-ring (bicyclic) bond motifs is 1. The summed E-state index contributed by atoms with van der Waals surface area (Å²) in [7, 11) is -3.73. The molecule has 2 aliphatic heterocycles. The number of hydrogen-bond donors (Lipinski definition) is 2. The van der Waals surface area contributed by atoms with E-state index < -0.39 is 16.1 Å². The Labute approximate surface area is 183 Å². The van der Waals surface area contributed by atoms with Crippen LogP contribution < -0.4 is 15.4 Å². The van der Waals surface area contributed by atoms with Gasteiger partial charge in [0.2, 0.25) is 15.9 Å². The molecule has 1 saturated heterocycles. The number of amides is 2. The van der Waals surface area contributed by atoms with E-state index in [1.54, 1.807) is 13.0 Å². The second-order valence-corrected chi connectivity index (χ2v) is 10.7. The van der Waals surface area contributed by atoms with Crippen molar-refractivity contribution in [1.82, 2.24) is 9.62 Å². The molecule has 9 heteroatoms. The SMILES string of the molecule is CC[C@@H]1Oc2cc(S(=O)(=O)N3CCC(C(=O)NC4CCCC4)CC3)c(C)cc2NC1=O. The molecule has 2 amide bonds. The maximum Gasteiger partial charge on any atom is 0.265 e. The molecule has 170 valence electrons. The van der Waals surface area contributed by atoms with Crippen LogP contribution in [0.25, 0.3) is 0 Å². The predicted molar refractivity (Wildman–Crippen MR) is 116 cm³/mol. The summed E-state index contributed by atoms with van der Waals surface area (Å²) in [6.45, 7) is 4.19. The Morgan fingerprint density at radius 3 is 2.52 bits per heavy atom. The summed E-state index contributed by atoms with van der Waals surface area (Å²) in [5, 5.41) is 5.92. The quantitative estimate of drug-likeness (QED) is 0.719. The topological polar surface area (TPSA) is 105 Å². The molecule has 1 aromatic carbocycles. The zero-order valence-corrected chi connectivity index (χ0v) is 19.0. The van der Waals surface area contributed by atoms with E-state index in [4.69, 9.17) is 4.74 Å². The number of ether oxygens (including phenoxy) is 1. The average Bonchev–Trinajstić information content (AvgIpc) is 3.26. The molecule has 31 heavy (non-hydrogen) atoms. The van der Waals surface area contributed by atoms with Crippen molar-refractivity contribution in [2.24, 2.45) is 5.92 Å². The van der Waals surface area contributed by atoms with Gasteiger partial charge in [0.1, 0.15) is 5.75 Å². The lowest BCUT2D eigenvalue weighted by Crippen LogP contribution is -2.45. The average molecular weight is 450 g/mol. The molecule has 1 atom stereocenters. The van der Waals surface area contributed by atoms with Crippen LogP contribution in [0.3, 0.4) is 0 Å². The van der Waals surface area contributed by atoms with Gasteiger partial charge in [0, 0.05) is 31.1 Å². The zero-order valence-electron chi connectivity index (χ0n) is 18.1. The van der Waals surface area contributed by atoms with Gasteiger partial charge in [0.25, 0.3) is 5.91 Å². The Bertz CT molecular complexity index is 964. The maximum atomic E-state index is 13.3. The molecular formula is C22H31N3O5S. The number of piperidine rings is 1. The van der Waals surface area contributed by atoms with Crippen LogP contribution in [0.5, 0.6) is 5.75 Å². The summed E-state index contributed by atoms with van der Waals surface area (Å²) in [4.78, 5) is 24.8. The second kappa shape index (κ2) is 8.78. The van der Waals surface area contributed by atoms with E-state index in [0.717, 1.165) is 25.7 Å². The summed E-state index contributed by atoms with van der Waals surface area (Å²) in [6, 6.07) is 3.44. The fourth-order valence-corrected chi connectivity index (χ4v) is 6.41. The van der Waals surface area contributed by atoms with Gasteiger partial charge in [-0.15, -0.1) is 0 Å². The number of anilines is 1. The Morgan fingerprint density at radius 2 is 1.87 bits per heavy atom. The highest BCUT2D eigenvalue weighted by Crippen LogP contribution is 2.36. The molecule has 8 nitrogen and oxygen atoms in total. The first-order valence-corrected chi connectivity index (χ1v) is 12.7. The molecule has 1 aromatic rings. The highest BCUT2D eigenvalue weighted by atomic mass is 32.2. The minimum Gasteiger partial charge on any atom is -0.478 e. The van der Waals surface area contributed by atoms with Gasteiger partial charge in [-0.1, -0.05) is 19.8 Å². The number of sulfonamides is 1.